The number of amides is 3. The van der Waals surface area contributed by atoms with Gasteiger partial charge in [-0.05, 0) is 55.0 Å². The number of benzene rings is 3. The van der Waals surface area contributed by atoms with Crippen LogP contribution in [0.4, 0.5) is 5.69 Å². The second-order valence-electron chi connectivity index (χ2n) is 6.77. The summed E-state index contributed by atoms with van der Waals surface area (Å²) in [6, 6.07) is 19.0. The lowest BCUT2D eigenvalue weighted by molar-refractivity contribution is -0.118. The van der Waals surface area contributed by atoms with Gasteiger partial charge < -0.3 is 14.8 Å². The first-order valence-electron chi connectivity index (χ1n) is 9.25. The second kappa shape index (κ2) is 8.08. The lowest BCUT2D eigenvalue weighted by atomic mass is 10.1. The number of fused-ring (bicyclic) bond motifs is 1. The minimum atomic E-state index is -0.449. The van der Waals surface area contributed by atoms with Crippen LogP contribution in [0.2, 0.25) is 0 Å². The normalized spacial score (nSPS) is 12.2. The van der Waals surface area contributed by atoms with Gasteiger partial charge in [0.1, 0.15) is 17.2 Å². The number of carbonyl (C=O) groups is 3. The molecule has 1 aliphatic rings. The molecule has 7 heteroatoms. The second-order valence-corrected chi connectivity index (χ2v) is 6.77. The van der Waals surface area contributed by atoms with Crippen molar-refractivity contribution in [2.75, 3.05) is 11.9 Å². The van der Waals surface area contributed by atoms with Gasteiger partial charge in [-0.1, -0.05) is 18.2 Å². The average molecular weight is 402 g/mol. The summed E-state index contributed by atoms with van der Waals surface area (Å²) >= 11 is 0. The molecule has 0 radical (unpaired) electrons. The molecule has 7 nitrogen and oxygen atoms in total. The topological polar surface area (TPSA) is 93.7 Å². The number of nitrogens with one attached hydrogen (secondary N) is 2. The predicted molar refractivity (Wildman–Crippen MR) is 110 cm³/mol. The lowest BCUT2D eigenvalue weighted by Crippen LogP contribution is -2.20. The molecule has 0 aromatic heterocycles. The van der Waals surface area contributed by atoms with Crippen LogP contribution < -0.4 is 20.1 Å². The molecule has 0 fully saturated rings. The molecule has 0 aliphatic carbocycles. The van der Waals surface area contributed by atoms with E-state index in [4.69, 9.17) is 9.47 Å². The van der Waals surface area contributed by atoms with Gasteiger partial charge in [0.15, 0.2) is 6.61 Å². The van der Waals surface area contributed by atoms with Crippen LogP contribution >= 0.6 is 0 Å². The van der Waals surface area contributed by atoms with E-state index in [1.165, 1.54) is 6.07 Å². The van der Waals surface area contributed by atoms with E-state index in [0.29, 0.717) is 28.5 Å². The predicted octanol–water partition coefficient (Wildman–Crippen LogP) is 3.69. The summed E-state index contributed by atoms with van der Waals surface area (Å²) in [7, 11) is 0. The summed E-state index contributed by atoms with van der Waals surface area (Å²) in [6.45, 7) is 1.83. The van der Waals surface area contributed by atoms with Crippen molar-refractivity contribution in [2.24, 2.45) is 0 Å². The van der Waals surface area contributed by atoms with Crippen LogP contribution in [0.15, 0.2) is 66.7 Å². The SMILES string of the molecule is Cc1cccc(OCC(=O)Nc2cccc(Oc3ccc4c(c3)C(=O)NC4=O)c2)c1. The highest BCUT2D eigenvalue weighted by Gasteiger charge is 2.26. The van der Waals surface area contributed by atoms with Gasteiger partial charge in [-0.15, -0.1) is 0 Å². The third-order valence-corrected chi connectivity index (χ3v) is 4.42. The average Bonchev–Trinajstić information content (AvgIpc) is 3.00. The van der Waals surface area contributed by atoms with Crippen LogP contribution in [0.25, 0.3) is 0 Å². The molecule has 30 heavy (non-hydrogen) atoms. The zero-order valence-electron chi connectivity index (χ0n) is 16.1. The van der Waals surface area contributed by atoms with E-state index in [9.17, 15) is 14.4 Å². The Hall–Kier alpha value is -4.13. The number of rotatable bonds is 6. The van der Waals surface area contributed by atoms with Crippen molar-refractivity contribution >= 4 is 23.4 Å². The van der Waals surface area contributed by atoms with Crippen LogP contribution in [-0.4, -0.2) is 24.3 Å². The molecule has 0 spiro atoms. The highest BCUT2D eigenvalue weighted by atomic mass is 16.5. The third-order valence-electron chi connectivity index (χ3n) is 4.42. The van der Waals surface area contributed by atoms with E-state index in [1.54, 1.807) is 42.5 Å². The number of hydrogen-bond donors (Lipinski definition) is 2. The molecule has 0 saturated carbocycles. The number of hydrogen-bond acceptors (Lipinski definition) is 5. The largest absolute Gasteiger partial charge is 0.484 e. The number of carbonyl (C=O) groups excluding carboxylic acids is 3. The summed E-state index contributed by atoms with van der Waals surface area (Å²) < 4.78 is 11.3. The summed E-state index contributed by atoms with van der Waals surface area (Å²) in [5, 5.41) is 4.99. The van der Waals surface area contributed by atoms with E-state index >= 15 is 0 Å². The van der Waals surface area contributed by atoms with Crippen LogP contribution in [0.5, 0.6) is 17.2 Å². The molecular formula is C23H18N2O5. The van der Waals surface area contributed by atoms with Gasteiger partial charge in [-0.25, -0.2) is 0 Å². The smallest absolute Gasteiger partial charge is 0.262 e. The molecule has 150 valence electrons. The molecular weight excluding hydrogens is 384 g/mol. The maximum atomic E-state index is 12.2. The number of ether oxygens (including phenoxy) is 2. The van der Waals surface area contributed by atoms with Gasteiger partial charge in [-0.2, -0.15) is 0 Å². The zero-order chi connectivity index (χ0) is 21.1. The lowest BCUT2D eigenvalue weighted by Gasteiger charge is -2.10. The summed E-state index contributed by atoms with van der Waals surface area (Å²) in [4.78, 5) is 35.6. The quantitative estimate of drug-likeness (QED) is 0.614. The molecule has 3 aromatic carbocycles. The fourth-order valence-electron chi connectivity index (χ4n) is 3.04. The van der Waals surface area contributed by atoms with E-state index in [1.807, 2.05) is 25.1 Å². The first-order valence-corrected chi connectivity index (χ1v) is 9.25. The van der Waals surface area contributed by atoms with E-state index < -0.39 is 11.8 Å². The molecule has 3 amide bonds. The molecule has 3 aromatic rings. The van der Waals surface area contributed by atoms with Gasteiger partial charge in [0.05, 0.1) is 11.1 Å². The fraction of sp³-hybridized carbons (Fsp3) is 0.0870. The van der Waals surface area contributed by atoms with Gasteiger partial charge in [0, 0.05) is 11.8 Å². The molecule has 1 aliphatic heterocycles. The van der Waals surface area contributed by atoms with E-state index in [-0.39, 0.29) is 18.1 Å². The van der Waals surface area contributed by atoms with Crippen LogP contribution in [0, 0.1) is 6.92 Å². The zero-order valence-corrected chi connectivity index (χ0v) is 16.1. The van der Waals surface area contributed by atoms with Gasteiger partial charge in [0.25, 0.3) is 17.7 Å². The molecule has 2 N–H and O–H groups in total. The Morgan fingerprint density at radius 3 is 2.43 bits per heavy atom. The Bertz CT molecular complexity index is 1160. The Balaban J connectivity index is 1.39. The summed E-state index contributed by atoms with van der Waals surface area (Å²) in [5.41, 5.74) is 2.18. The molecule has 4 rings (SSSR count). The highest BCUT2D eigenvalue weighted by Crippen LogP contribution is 2.27. The van der Waals surface area contributed by atoms with Crippen molar-refractivity contribution < 1.29 is 23.9 Å². The molecule has 1 heterocycles. The van der Waals surface area contributed by atoms with Crippen molar-refractivity contribution in [1.29, 1.82) is 0 Å². The summed E-state index contributed by atoms with van der Waals surface area (Å²) in [6.07, 6.45) is 0. The van der Waals surface area contributed by atoms with Crippen molar-refractivity contribution in [2.45, 2.75) is 6.92 Å². The van der Waals surface area contributed by atoms with E-state index in [0.717, 1.165) is 5.56 Å². The summed E-state index contributed by atoms with van der Waals surface area (Å²) in [5.74, 6) is 0.332. The standard InChI is InChI=1S/C23H18N2O5/c1-14-4-2-6-16(10-14)29-13-21(26)24-15-5-3-7-17(11-15)30-18-8-9-19-20(12-18)23(28)25-22(19)27/h2-12H,13H2,1H3,(H,24,26)(H,25,27,28). The minimum absolute atomic E-state index is 0.123. The van der Waals surface area contributed by atoms with Crippen LogP contribution in [-0.2, 0) is 4.79 Å². The fourth-order valence-corrected chi connectivity index (χ4v) is 3.04. The molecule has 0 saturated heterocycles. The maximum absolute atomic E-state index is 12.2. The highest BCUT2D eigenvalue weighted by molar-refractivity contribution is 6.21. The minimum Gasteiger partial charge on any atom is -0.484 e. The first kappa shape index (κ1) is 19.2. The molecule has 0 bridgehead atoms. The van der Waals surface area contributed by atoms with Crippen molar-refractivity contribution in [1.82, 2.24) is 5.32 Å². The van der Waals surface area contributed by atoms with Crippen molar-refractivity contribution in [3.8, 4) is 17.2 Å². The third kappa shape index (κ3) is 4.30. The maximum Gasteiger partial charge on any atom is 0.262 e. The number of anilines is 1. The van der Waals surface area contributed by atoms with E-state index in [2.05, 4.69) is 10.6 Å². The number of imide groups is 1. The molecule has 0 atom stereocenters. The van der Waals surface area contributed by atoms with Crippen molar-refractivity contribution in [3.05, 3.63) is 83.4 Å². The monoisotopic (exact) mass is 402 g/mol. The number of aryl methyl sites for hydroxylation is 1. The van der Waals surface area contributed by atoms with Gasteiger partial charge >= 0.3 is 0 Å². The van der Waals surface area contributed by atoms with Crippen LogP contribution in [0.1, 0.15) is 26.3 Å². The van der Waals surface area contributed by atoms with Gasteiger partial charge in [-0.3, -0.25) is 19.7 Å². The first-order chi connectivity index (χ1) is 14.5. The Kier molecular flexibility index (Phi) is 5.17. The van der Waals surface area contributed by atoms with Crippen molar-refractivity contribution in [3.63, 3.8) is 0 Å². The van der Waals surface area contributed by atoms with Gasteiger partial charge in [0.2, 0.25) is 0 Å². The Morgan fingerprint density at radius 2 is 1.60 bits per heavy atom. The van der Waals surface area contributed by atoms with Crippen LogP contribution in [0.3, 0.4) is 0 Å². The Morgan fingerprint density at radius 1 is 0.867 bits per heavy atom. The molecule has 0 unspecified atom stereocenters. The Labute approximate surface area is 172 Å².